The number of carbonyl (C=O) groups excluding carboxylic acids is 7. The van der Waals surface area contributed by atoms with Gasteiger partial charge in [0.05, 0.1) is 11.8 Å². The van der Waals surface area contributed by atoms with E-state index in [1.54, 1.807) is 38.1 Å². The predicted molar refractivity (Wildman–Crippen MR) is 263 cm³/mol. The summed E-state index contributed by atoms with van der Waals surface area (Å²) in [6.45, 7) is 6.69. The summed E-state index contributed by atoms with van der Waals surface area (Å²) >= 11 is 1.06. The number of carbonyl (C=O) groups is 9. The zero-order chi connectivity index (χ0) is 51.1. The molecule has 0 spiro atoms. The van der Waals surface area contributed by atoms with E-state index in [0.29, 0.717) is 36.6 Å². The molecule has 388 valence electrons. The molecule has 5 atom stereocenters. The number of amides is 7. The SMILES string of the molecule is CC(=O)[C@H](Cc1ccc(OCC(=O)O)cc1)NC(=O)CSC[C@H](NC(=O)[C@H](CCCNC(N)=O)NC(=O)[C@@H](NC(=O)[C@@H](C)CC1CCCCC1)C(C)C)C(=O)NCCCCCCCCCCC(=O)O. The van der Waals surface area contributed by atoms with E-state index in [1.807, 2.05) is 6.92 Å². The molecule has 1 aliphatic rings. The van der Waals surface area contributed by atoms with Crippen LogP contribution in [-0.2, 0) is 44.8 Å². The normalized spacial score (nSPS) is 14.8. The van der Waals surface area contributed by atoms with E-state index in [0.717, 1.165) is 82.4 Å². The second-order valence-corrected chi connectivity index (χ2v) is 19.5. The van der Waals surface area contributed by atoms with Crippen molar-refractivity contribution < 1.29 is 58.1 Å². The van der Waals surface area contributed by atoms with Crippen LogP contribution in [0.5, 0.6) is 5.75 Å². The van der Waals surface area contributed by atoms with Crippen molar-refractivity contribution in [2.75, 3.05) is 31.2 Å². The minimum absolute atomic E-state index is 0.0443. The highest BCUT2D eigenvalue weighted by molar-refractivity contribution is 8.00. The zero-order valence-electron chi connectivity index (χ0n) is 41.1. The summed E-state index contributed by atoms with van der Waals surface area (Å²) in [5, 5.41) is 34.2. The average Bonchev–Trinajstić information content (AvgIpc) is 3.29. The quantitative estimate of drug-likeness (QED) is 0.0423. The largest absolute Gasteiger partial charge is 0.482 e. The highest BCUT2D eigenvalue weighted by Gasteiger charge is 2.32. The number of thioether (sulfide) groups is 1. The Labute approximate surface area is 411 Å². The fraction of sp³-hybridized carbons (Fsp3) is 0.694. The monoisotopic (exact) mass is 990 g/mol. The Hall–Kier alpha value is -5.40. The predicted octanol–water partition coefficient (Wildman–Crippen LogP) is 4.38. The van der Waals surface area contributed by atoms with Crippen molar-refractivity contribution in [1.82, 2.24) is 31.9 Å². The number of hydrogen-bond acceptors (Lipinski definition) is 11. The number of nitrogens with two attached hydrogens (primary N) is 1. The van der Waals surface area contributed by atoms with Crippen LogP contribution in [0.2, 0.25) is 0 Å². The number of rotatable bonds is 36. The standard InChI is InChI=1S/C49H79N7O12S/c1-32(2)44(56-45(63)33(3)27-35-17-12-11-13-18-35)48(66)54-38(19-16-26-52-49(50)67)47(65)55-40(46(64)51-25-15-10-8-6-5-7-9-14-20-42(59)60)30-69-31-41(58)53-39(34(4)57)28-36-21-23-37(24-22-36)68-29-43(61)62/h21-24,32-33,35,38-40,44H,5-20,25-31H2,1-4H3,(H,51,64)(H,53,58)(H,54,66)(H,55,65)(H,56,63)(H,59,60)(H,61,62)(H3,50,52,67)/t33-,38-,39-,40-,44-/m0/s1. The van der Waals surface area contributed by atoms with Crippen LogP contribution in [-0.4, -0.2) is 119 Å². The minimum Gasteiger partial charge on any atom is -0.482 e. The molecule has 1 fully saturated rings. The molecule has 0 aromatic heterocycles. The number of carboxylic acids is 2. The molecule has 0 bridgehead atoms. The second-order valence-electron chi connectivity index (χ2n) is 18.5. The first-order chi connectivity index (χ1) is 32.9. The topological polar surface area (TPSA) is 302 Å². The molecule has 7 amide bonds. The summed E-state index contributed by atoms with van der Waals surface area (Å²) in [5.41, 5.74) is 5.95. The molecule has 10 N–H and O–H groups in total. The lowest BCUT2D eigenvalue weighted by Gasteiger charge is -2.28. The van der Waals surface area contributed by atoms with Crippen LogP contribution in [0.15, 0.2) is 24.3 Å². The van der Waals surface area contributed by atoms with Crippen molar-refractivity contribution in [1.29, 1.82) is 0 Å². The van der Waals surface area contributed by atoms with Crippen LogP contribution in [0.25, 0.3) is 0 Å². The first-order valence-corrected chi connectivity index (χ1v) is 25.8. The number of aliphatic carboxylic acids is 2. The lowest BCUT2D eigenvalue weighted by molar-refractivity contribution is -0.139. The number of hydrogen-bond donors (Lipinski definition) is 9. The molecule has 20 heteroatoms. The first-order valence-electron chi connectivity index (χ1n) is 24.6. The maximum Gasteiger partial charge on any atom is 0.341 e. The minimum atomic E-state index is -1.19. The Morgan fingerprint density at radius 3 is 1.88 bits per heavy atom. The van der Waals surface area contributed by atoms with Crippen molar-refractivity contribution in [3.05, 3.63) is 29.8 Å². The molecular formula is C49H79N7O12S. The lowest BCUT2D eigenvalue weighted by Crippen LogP contribution is -2.58. The Morgan fingerprint density at radius 1 is 0.681 bits per heavy atom. The van der Waals surface area contributed by atoms with Crippen LogP contribution >= 0.6 is 11.8 Å². The summed E-state index contributed by atoms with van der Waals surface area (Å²) in [6, 6.07) is 1.50. The van der Waals surface area contributed by atoms with Gasteiger partial charge in [-0.3, -0.25) is 33.6 Å². The van der Waals surface area contributed by atoms with Gasteiger partial charge in [-0.2, -0.15) is 0 Å². The van der Waals surface area contributed by atoms with Gasteiger partial charge in [-0.15, -0.1) is 11.8 Å². The summed E-state index contributed by atoms with van der Waals surface area (Å²) in [7, 11) is 0. The molecule has 69 heavy (non-hydrogen) atoms. The third-order valence-corrected chi connectivity index (χ3v) is 13.1. The highest BCUT2D eigenvalue weighted by Crippen LogP contribution is 2.29. The molecular weight excluding hydrogens is 911 g/mol. The lowest BCUT2D eigenvalue weighted by atomic mass is 9.83. The number of ether oxygens (including phenoxy) is 1. The zero-order valence-corrected chi connectivity index (χ0v) is 41.9. The number of urea groups is 1. The van der Waals surface area contributed by atoms with Gasteiger partial charge in [0.15, 0.2) is 12.4 Å². The number of Topliss-reactive ketones (excluding diaryl/α,β-unsaturated/α-hetero) is 1. The molecule has 1 aromatic carbocycles. The van der Waals surface area contributed by atoms with E-state index in [-0.39, 0.29) is 67.3 Å². The van der Waals surface area contributed by atoms with Gasteiger partial charge in [0.1, 0.15) is 23.9 Å². The van der Waals surface area contributed by atoms with E-state index >= 15 is 0 Å². The number of carboxylic acid groups (broad SMARTS) is 2. The van der Waals surface area contributed by atoms with Gasteiger partial charge in [0.25, 0.3) is 0 Å². The van der Waals surface area contributed by atoms with Gasteiger partial charge >= 0.3 is 18.0 Å². The van der Waals surface area contributed by atoms with Crippen molar-refractivity contribution in [2.24, 2.45) is 23.5 Å². The summed E-state index contributed by atoms with van der Waals surface area (Å²) < 4.78 is 5.16. The molecule has 0 heterocycles. The first kappa shape index (κ1) is 59.7. The average molecular weight is 990 g/mol. The van der Waals surface area contributed by atoms with Crippen molar-refractivity contribution >= 4 is 65.1 Å². The van der Waals surface area contributed by atoms with Crippen LogP contribution < -0.4 is 42.4 Å². The number of unbranched alkanes of at least 4 members (excludes halogenated alkanes) is 7. The molecule has 1 aliphatic carbocycles. The van der Waals surface area contributed by atoms with E-state index < -0.39 is 72.4 Å². The second kappa shape index (κ2) is 34.0. The van der Waals surface area contributed by atoms with E-state index in [1.165, 1.54) is 13.3 Å². The van der Waals surface area contributed by atoms with Gasteiger partial charge < -0.3 is 52.6 Å². The van der Waals surface area contributed by atoms with Gasteiger partial charge in [-0.25, -0.2) is 9.59 Å². The number of primary amides is 1. The Kier molecular flexibility index (Phi) is 29.4. The molecule has 0 radical (unpaired) electrons. The number of ketones is 1. The van der Waals surface area contributed by atoms with E-state index in [9.17, 15) is 43.2 Å². The maximum absolute atomic E-state index is 14.1. The Morgan fingerprint density at radius 2 is 1.29 bits per heavy atom. The van der Waals surface area contributed by atoms with Crippen molar-refractivity contribution in [3.63, 3.8) is 0 Å². The third kappa shape index (κ3) is 26.8. The molecule has 2 rings (SSSR count). The highest BCUT2D eigenvalue weighted by atomic mass is 32.2. The van der Waals surface area contributed by atoms with Crippen LogP contribution in [0, 0.1) is 17.8 Å². The molecule has 19 nitrogen and oxygen atoms in total. The van der Waals surface area contributed by atoms with Crippen LogP contribution in [0.1, 0.15) is 142 Å². The number of nitrogens with one attached hydrogen (secondary N) is 6. The molecule has 0 aliphatic heterocycles. The molecule has 0 saturated heterocycles. The fourth-order valence-corrected chi connectivity index (χ4v) is 8.92. The fourth-order valence-electron chi connectivity index (χ4n) is 8.06. The summed E-state index contributed by atoms with van der Waals surface area (Å²) in [5.74, 6) is -4.83. The smallest absolute Gasteiger partial charge is 0.341 e. The molecule has 1 aromatic rings. The summed E-state index contributed by atoms with van der Waals surface area (Å²) in [6.07, 6.45) is 13.8. The van der Waals surface area contributed by atoms with Crippen molar-refractivity contribution in [2.45, 2.75) is 167 Å². The van der Waals surface area contributed by atoms with Gasteiger partial charge in [-0.1, -0.05) is 104 Å². The van der Waals surface area contributed by atoms with E-state index in [2.05, 4.69) is 31.9 Å². The maximum atomic E-state index is 14.1. The Bertz CT molecular complexity index is 1790. The van der Waals surface area contributed by atoms with Crippen LogP contribution in [0.4, 0.5) is 4.79 Å². The van der Waals surface area contributed by atoms with Crippen LogP contribution in [0.3, 0.4) is 0 Å². The summed E-state index contributed by atoms with van der Waals surface area (Å²) in [4.78, 5) is 114. The number of benzene rings is 1. The van der Waals surface area contributed by atoms with Crippen molar-refractivity contribution in [3.8, 4) is 5.75 Å². The van der Waals surface area contributed by atoms with Gasteiger partial charge in [-0.05, 0) is 75.0 Å². The third-order valence-electron chi connectivity index (χ3n) is 12.0. The van der Waals surface area contributed by atoms with Gasteiger partial charge in [0.2, 0.25) is 29.5 Å². The molecule has 0 unspecified atom stereocenters. The Balaban J connectivity index is 2.17. The van der Waals surface area contributed by atoms with Gasteiger partial charge in [0, 0.05) is 31.2 Å². The molecule has 1 saturated carbocycles. The van der Waals surface area contributed by atoms with E-state index in [4.69, 9.17) is 20.7 Å².